The Morgan fingerprint density at radius 1 is 1.33 bits per heavy atom. The summed E-state index contributed by atoms with van der Waals surface area (Å²) >= 11 is 3.32. The van der Waals surface area contributed by atoms with Crippen molar-refractivity contribution in [3.05, 3.63) is 34.3 Å². The molecule has 2 N–H and O–H groups in total. The van der Waals surface area contributed by atoms with Gasteiger partial charge in [-0.05, 0) is 30.5 Å². The smallest absolute Gasteiger partial charge is 0.329 e. The summed E-state index contributed by atoms with van der Waals surface area (Å²) in [5.41, 5.74) is 3.00. The lowest BCUT2D eigenvalue weighted by molar-refractivity contribution is -0.139. The van der Waals surface area contributed by atoms with Crippen LogP contribution in [0.4, 0.5) is 0 Å². The van der Waals surface area contributed by atoms with Crippen LogP contribution in [0.2, 0.25) is 0 Å². The number of ether oxygens (including phenoxy) is 1. The van der Waals surface area contributed by atoms with E-state index in [1.807, 2.05) is 24.3 Å². The fraction of sp³-hybridized carbons (Fsp3) is 0.357. The normalized spacial score (nSPS) is 17.9. The zero-order valence-electron chi connectivity index (χ0n) is 11.3. The molecule has 1 aliphatic heterocycles. The number of carbonyl (C=O) groups is 2. The Hall–Kier alpha value is -1.73. The highest BCUT2D eigenvalue weighted by Gasteiger charge is 2.18. The molecule has 1 aromatic carbocycles. The van der Waals surface area contributed by atoms with Gasteiger partial charge in [0.1, 0.15) is 0 Å². The van der Waals surface area contributed by atoms with Crippen LogP contribution in [-0.4, -0.2) is 37.3 Å². The van der Waals surface area contributed by atoms with Crippen LogP contribution in [0.5, 0.6) is 0 Å². The van der Waals surface area contributed by atoms with Gasteiger partial charge in [0.15, 0.2) is 0 Å². The van der Waals surface area contributed by atoms with Gasteiger partial charge >= 0.3 is 11.8 Å². The van der Waals surface area contributed by atoms with Crippen molar-refractivity contribution in [2.75, 3.05) is 13.2 Å². The maximum Gasteiger partial charge on any atom is 0.329 e. The Kier molecular flexibility index (Phi) is 5.89. The second kappa shape index (κ2) is 7.90. The SMILES string of the molecule is O=C(NC[C@H]1CCCO1)C(=O)N/N=C\c1ccc(Br)cc1. The average molecular weight is 354 g/mol. The summed E-state index contributed by atoms with van der Waals surface area (Å²) in [6.07, 6.45) is 3.37. The Labute approximate surface area is 131 Å². The number of benzene rings is 1. The van der Waals surface area contributed by atoms with Crippen LogP contribution in [0.25, 0.3) is 0 Å². The van der Waals surface area contributed by atoms with Gasteiger partial charge in [-0.3, -0.25) is 9.59 Å². The predicted molar refractivity (Wildman–Crippen MR) is 81.9 cm³/mol. The van der Waals surface area contributed by atoms with Crippen LogP contribution in [0.3, 0.4) is 0 Å². The lowest BCUT2D eigenvalue weighted by Gasteiger charge is -2.09. The van der Waals surface area contributed by atoms with Crippen LogP contribution in [0, 0.1) is 0 Å². The topological polar surface area (TPSA) is 79.8 Å². The number of nitrogens with zero attached hydrogens (tertiary/aromatic N) is 1. The zero-order chi connectivity index (χ0) is 15.1. The molecule has 1 fully saturated rings. The van der Waals surface area contributed by atoms with Crippen LogP contribution in [0.1, 0.15) is 18.4 Å². The molecule has 2 rings (SSSR count). The van der Waals surface area contributed by atoms with E-state index in [2.05, 4.69) is 31.8 Å². The first-order valence-electron chi connectivity index (χ1n) is 6.63. The molecule has 6 nitrogen and oxygen atoms in total. The van der Waals surface area contributed by atoms with E-state index in [4.69, 9.17) is 4.74 Å². The highest BCUT2D eigenvalue weighted by atomic mass is 79.9. The van der Waals surface area contributed by atoms with Crippen molar-refractivity contribution in [1.29, 1.82) is 0 Å². The number of nitrogens with one attached hydrogen (secondary N) is 2. The predicted octanol–water partition coefficient (Wildman–Crippen LogP) is 1.19. The zero-order valence-corrected chi connectivity index (χ0v) is 12.9. The van der Waals surface area contributed by atoms with E-state index >= 15 is 0 Å². The number of rotatable bonds is 4. The van der Waals surface area contributed by atoms with Gasteiger partial charge in [0, 0.05) is 17.6 Å². The Balaban J connectivity index is 1.72. The maximum atomic E-state index is 11.5. The third kappa shape index (κ3) is 5.28. The quantitative estimate of drug-likeness (QED) is 0.484. The Bertz CT molecular complexity index is 525. The van der Waals surface area contributed by atoms with Crippen molar-refractivity contribution in [1.82, 2.24) is 10.7 Å². The van der Waals surface area contributed by atoms with Gasteiger partial charge in [-0.25, -0.2) is 5.43 Å². The highest BCUT2D eigenvalue weighted by Crippen LogP contribution is 2.10. The van der Waals surface area contributed by atoms with Gasteiger partial charge in [-0.15, -0.1) is 0 Å². The second-order valence-corrected chi connectivity index (χ2v) is 5.51. The van der Waals surface area contributed by atoms with E-state index in [1.165, 1.54) is 6.21 Å². The molecular weight excluding hydrogens is 338 g/mol. The van der Waals surface area contributed by atoms with Crippen molar-refractivity contribution in [3.63, 3.8) is 0 Å². The molecule has 1 saturated heterocycles. The molecule has 0 aromatic heterocycles. The van der Waals surface area contributed by atoms with Gasteiger partial charge in [-0.1, -0.05) is 28.1 Å². The minimum absolute atomic E-state index is 0.00742. The summed E-state index contributed by atoms with van der Waals surface area (Å²) in [5, 5.41) is 6.26. The first kappa shape index (κ1) is 15.7. The summed E-state index contributed by atoms with van der Waals surface area (Å²) in [7, 11) is 0. The molecule has 1 heterocycles. The molecule has 1 aliphatic rings. The Morgan fingerprint density at radius 3 is 2.76 bits per heavy atom. The number of hydrazone groups is 1. The fourth-order valence-electron chi connectivity index (χ4n) is 1.86. The van der Waals surface area contributed by atoms with Gasteiger partial charge in [0.05, 0.1) is 12.3 Å². The molecule has 0 spiro atoms. The van der Waals surface area contributed by atoms with Crippen molar-refractivity contribution in [2.24, 2.45) is 5.10 Å². The van der Waals surface area contributed by atoms with Crippen molar-refractivity contribution < 1.29 is 14.3 Å². The largest absolute Gasteiger partial charge is 0.376 e. The minimum atomic E-state index is -0.790. The van der Waals surface area contributed by atoms with E-state index < -0.39 is 11.8 Å². The number of halogens is 1. The summed E-state index contributed by atoms with van der Waals surface area (Å²) < 4.78 is 6.31. The lowest BCUT2D eigenvalue weighted by Crippen LogP contribution is -2.41. The fourth-order valence-corrected chi connectivity index (χ4v) is 2.12. The molecule has 21 heavy (non-hydrogen) atoms. The van der Waals surface area contributed by atoms with Crippen LogP contribution >= 0.6 is 15.9 Å². The van der Waals surface area contributed by atoms with E-state index in [0.29, 0.717) is 13.2 Å². The number of carbonyl (C=O) groups excluding carboxylic acids is 2. The monoisotopic (exact) mass is 353 g/mol. The molecule has 0 aliphatic carbocycles. The van der Waals surface area contributed by atoms with E-state index in [9.17, 15) is 9.59 Å². The maximum absolute atomic E-state index is 11.5. The van der Waals surface area contributed by atoms with Gasteiger partial charge in [-0.2, -0.15) is 5.10 Å². The summed E-state index contributed by atoms with van der Waals surface area (Å²) in [6, 6.07) is 7.38. The molecule has 1 atom stereocenters. The molecule has 112 valence electrons. The van der Waals surface area contributed by atoms with E-state index in [0.717, 1.165) is 22.9 Å². The number of hydrogen-bond acceptors (Lipinski definition) is 4. The summed E-state index contributed by atoms with van der Waals surface area (Å²) in [5.74, 6) is -1.50. The van der Waals surface area contributed by atoms with Crippen molar-refractivity contribution in [3.8, 4) is 0 Å². The second-order valence-electron chi connectivity index (χ2n) is 4.60. The highest BCUT2D eigenvalue weighted by molar-refractivity contribution is 9.10. The third-order valence-electron chi connectivity index (χ3n) is 2.97. The van der Waals surface area contributed by atoms with Crippen LogP contribution < -0.4 is 10.7 Å². The van der Waals surface area contributed by atoms with Crippen LogP contribution in [0.15, 0.2) is 33.8 Å². The summed E-state index contributed by atoms with van der Waals surface area (Å²) in [6.45, 7) is 1.06. The minimum Gasteiger partial charge on any atom is -0.376 e. The van der Waals surface area contributed by atoms with Gasteiger partial charge in [0.2, 0.25) is 0 Å². The average Bonchev–Trinajstić information content (AvgIpc) is 3.00. The first-order chi connectivity index (χ1) is 10.1. The summed E-state index contributed by atoms with van der Waals surface area (Å²) in [4.78, 5) is 23.0. The molecule has 1 aromatic rings. The molecular formula is C14H16BrN3O3. The van der Waals surface area contributed by atoms with Crippen molar-refractivity contribution in [2.45, 2.75) is 18.9 Å². The van der Waals surface area contributed by atoms with Gasteiger partial charge in [0.25, 0.3) is 0 Å². The molecule has 7 heteroatoms. The molecule has 2 amide bonds. The number of hydrogen-bond donors (Lipinski definition) is 2. The molecule has 0 unspecified atom stereocenters. The molecule has 0 bridgehead atoms. The molecule has 0 saturated carbocycles. The first-order valence-corrected chi connectivity index (χ1v) is 7.43. The Morgan fingerprint density at radius 2 is 2.10 bits per heavy atom. The molecule has 0 radical (unpaired) electrons. The van der Waals surface area contributed by atoms with E-state index in [-0.39, 0.29) is 6.10 Å². The van der Waals surface area contributed by atoms with Gasteiger partial charge < -0.3 is 10.1 Å². The standard InChI is InChI=1S/C14H16BrN3O3/c15-11-5-3-10(4-6-11)8-17-18-14(20)13(19)16-9-12-2-1-7-21-12/h3-6,8,12H,1-2,7,9H2,(H,16,19)(H,18,20)/b17-8-/t12-/m1/s1. The lowest BCUT2D eigenvalue weighted by atomic mass is 10.2. The van der Waals surface area contributed by atoms with Crippen molar-refractivity contribution >= 4 is 34.0 Å². The van der Waals surface area contributed by atoms with Crippen LogP contribution in [-0.2, 0) is 14.3 Å². The number of amides is 2. The van der Waals surface area contributed by atoms with E-state index in [1.54, 1.807) is 0 Å². The third-order valence-corrected chi connectivity index (χ3v) is 3.50.